The van der Waals surface area contributed by atoms with Gasteiger partial charge in [-0.1, -0.05) is 12.1 Å². The molecule has 1 aromatic heterocycles. The van der Waals surface area contributed by atoms with Gasteiger partial charge in [-0.25, -0.2) is 4.79 Å². The van der Waals surface area contributed by atoms with Crippen LogP contribution in [0, 0.1) is 0 Å². The van der Waals surface area contributed by atoms with Crippen LogP contribution in [0.5, 0.6) is 0 Å². The summed E-state index contributed by atoms with van der Waals surface area (Å²) in [6.45, 7) is 2.17. The quantitative estimate of drug-likeness (QED) is 0.656. The van der Waals surface area contributed by atoms with E-state index >= 15 is 0 Å². The van der Waals surface area contributed by atoms with Gasteiger partial charge in [0.1, 0.15) is 5.69 Å². The van der Waals surface area contributed by atoms with Gasteiger partial charge in [-0.2, -0.15) is 0 Å². The Kier molecular flexibility index (Phi) is 2.37. The zero-order valence-corrected chi connectivity index (χ0v) is 10.2. The maximum atomic E-state index is 11.8. The Balaban J connectivity index is 2.23. The van der Waals surface area contributed by atoms with Gasteiger partial charge < -0.3 is 9.72 Å². The van der Waals surface area contributed by atoms with E-state index in [1.54, 1.807) is 6.92 Å². The Morgan fingerprint density at radius 3 is 3.12 bits per heavy atom. The lowest BCUT2D eigenvalue weighted by atomic mass is 9.89. The number of nitrogens with one attached hydrogen (secondary N) is 1. The highest BCUT2D eigenvalue weighted by Crippen LogP contribution is 2.41. The molecule has 1 aromatic carbocycles. The van der Waals surface area contributed by atoms with Crippen molar-refractivity contribution in [2.24, 2.45) is 0 Å². The number of carbonyl (C=O) groups is 1. The summed E-state index contributed by atoms with van der Waals surface area (Å²) in [6.07, 6.45) is 2.70. The number of halogens is 1. The van der Waals surface area contributed by atoms with Crippen molar-refractivity contribution in [1.29, 1.82) is 0 Å². The molecule has 1 unspecified atom stereocenters. The SMILES string of the molecule is CCOC(=O)c1[nH]cc2c3ccc(c12)C(Cl)C3. The summed E-state index contributed by atoms with van der Waals surface area (Å²) >= 11 is 6.28. The highest BCUT2D eigenvalue weighted by atomic mass is 35.5. The van der Waals surface area contributed by atoms with Crippen molar-refractivity contribution >= 4 is 28.3 Å². The smallest absolute Gasteiger partial charge is 0.355 e. The van der Waals surface area contributed by atoms with Crippen LogP contribution in [0.2, 0.25) is 0 Å². The number of hydrogen-bond acceptors (Lipinski definition) is 2. The lowest BCUT2D eigenvalue weighted by Gasteiger charge is -2.20. The molecule has 1 N–H and O–H groups in total. The average molecular weight is 250 g/mol. The Labute approximate surface area is 104 Å². The second-order valence-corrected chi connectivity index (χ2v) is 4.69. The van der Waals surface area contributed by atoms with E-state index in [2.05, 4.69) is 11.1 Å². The molecule has 88 valence electrons. The molecule has 0 spiro atoms. The maximum absolute atomic E-state index is 11.8. The van der Waals surface area contributed by atoms with Gasteiger partial charge in [0.05, 0.1) is 12.0 Å². The summed E-state index contributed by atoms with van der Waals surface area (Å²) in [7, 11) is 0. The van der Waals surface area contributed by atoms with Gasteiger partial charge >= 0.3 is 5.97 Å². The van der Waals surface area contributed by atoms with Crippen LogP contribution >= 0.6 is 11.6 Å². The van der Waals surface area contributed by atoms with Crippen molar-refractivity contribution < 1.29 is 9.53 Å². The number of benzene rings is 1. The fourth-order valence-electron chi connectivity index (χ4n) is 2.45. The van der Waals surface area contributed by atoms with Gasteiger partial charge in [0, 0.05) is 17.0 Å². The Bertz CT molecular complexity index is 603. The fraction of sp³-hybridized carbons (Fsp3) is 0.308. The fourth-order valence-corrected chi connectivity index (χ4v) is 2.79. The molecule has 0 radical (unpaired) electrons. The van der Waals surface area contributed by atoms with E-state index < -0.39 is 0 Å². The number of aromatic nitrogens is 1. The molecule has 0 saturated carbocycles. The molecule has 2 aromatic rings. The first-order chi connectivity index (χ1) is 8.22. The minimum Gasteiger partial charge on any atom is -0.461 e. The topological polar surface area (TPSA) is 42.1 Å². The number of alkyl halides is 1. The van der Waals surface area contributed by atoms with Gasteiger partial charge in [-0.05, 0) is 24.5 Å². The largest absolute Gasteiger partial charge is 0.461 e. The third kappa shape index (κ3) is 1.46. The van der Waals surface area contributed by atoms with Crippen molar-refractivity contribution in [3.8, 4) is 0 Å². The van der Waals surface area contributed by atoms with E-state index in [1.807, 2.05) is 12.3 Å². The van der Waals surface area contributed by atoms with Crippen LogP contribution in [0.1, 0.15) is 33.9 Å². The average Bonchev–Trinajstić information content (AvgIpc) is 2.76. The third-order valence-corrected chi connectivity index (χ3v) is 3.58. The summed E-state index contributed by atoms with van der Waals surface area (Å²) in [5.41, 5.74) is 2.71. The first-order valence-electron chi connectivity index (χ1n) is 5.66. The van der Waals surface area contributed by atoms with Gasteiger partial charge in [0.2, 0.25) is 0 Å². The molecule has 4 rings (SSSR count). The van der Waals surface area contributed by atoms with Crippen LogP contribution in [0.4, 0.5) is 0 Å². The van der Waals surface area contributed by atoms with E-state index in [-0.39, 0.29) is 11.3 Å². The predicted molar refractivity (Wildman–Crippen MR) is 66.6 cm³/mol. The minimum atomic E-state index is -0.313. The van der Waals surface area contributed by atoms with Crippen LogP contribution in [-0.4, -0.2) is 17.6 Å². The van der Waals surface area contributed by atoms with Gasteiger partial charge in [-0.15, -0.1) is 11.6 Å². The van der Waals surface area contributed by atoms with Crippen LogP contribution in [-0.2, 0) is 11.2 Å². The van der Waals surface area contributed by atoms with Gasteiger partial charge in [0.15, 0.2) is 0 Å². The molecule has 2 bridgehead atoms. The van der Waals surface area contributed by atoms with Crippen molar-refractivity contribution in [2.45, 2.75) is 18.7 Å². The Morgan fingerprint density at radius 1 is 1.59 bits per heavy atom. The number of H-pyrrole nitrogens is 1. The van der Waals surface area contributed by atoms with Crippen LogP contribution < -0.4 is 0 Å². The molecular weight excluding hydrogens is 238 g/mol. The van der Waals surface area contributed by atoms with E-state index in [4.69, 9.17) is 16.3 Å². The summed E-state index contributed by atoms with van der Waals surface area (Å²) in [5.74, 6) is -0.313. The molecular formula is C13H12ClNO2. The van der Waals surface area contributed by atoms with Gasteiger partial charge in [-0.3, -0.25) is 0 Å². The number of carbonyl (C=O) groups excluding carboxylic acids is 1. The standard InChI is InChI=1S/C13H12ClNO2/c1-2-17-13(16)12-11-8-4-3-7(5-10(8)14)9(11)6-15-12/h3-4,6,10,15H,2,5H2,1H3. The molecule has 3 nitrogen and oxygen atoms in total. The molecule has 2 aliphatic carbocycles. The third-order valence-electron chi connectivity index (χ3n) is 3.20. The van der Waals surface area contributed by atoms with E-state index in [0.717, 1.165) is 22.8 Å². The number of esters is 1. The molecule has 4 heteroatoms. The number of hydrogen-bond donors (Lipinski definition) is 1. The molecule has 17 heavy (non-hydrogen) atoms. The summed E-state index contributed by atoms with van der Waals surface area (Å²) in [4.78, 5) is 14.8. The minimum absolute atomic E-state index is 0.0357. The monoisotopic (exact) mass is 249 g/mol. The Morgan fingerprint density at radius 2 is 2.41 bits per heavy atom. The first kappa shape index (κ1) is 10.7. The maximum Gasteiger partial charge on any atom is 0.355 e. The molecule has 0 aliphatic heterocycles. The molecule has 0 fully saturated rings. The number of rotatable bonds is 2. The van der Waals surface area contributed by atoms with E-state index in [9.17, 15) is 4.79 Å². The highest BCUT2D eigenvalue weighted by Gasteiger charge is 2.26. The molecule has 1 atom stereocenters. The van der Waals surface area contributed by atoms with Crippen molar-refractivity contribution in [3.63, 3.8) is 0 Å². The lowest BCUT2D eigenvalue weighted by molar-refractivity contribution is 0.0522. The second-order valence-electron chi connectivity index (χ2n) is 4.16. The van der Waals surface area contributed by atoms with Crippen LogP contribution in [0.3, 0.4) is 0 Å². The predicted octanol–water partition coefficient (Wildman–Crippen LogP) is 3.18. The van der Waals surface area contributed by atoms with Crippen molar-refractivity contribution in [1.82, 2.24) is 4.98 Å². The lowest BCUT2D eigenvalue weighted by Crippen LogP contribution is -2.09. The van der Waals surface area contributed by atoms with Crippen molar-refractivity contribution in [2.75, 3.05) is 6.61 Å². The summed E-state index contributed by atoms with van der Waals surface area (Å²) in [6, 6.07) is 4.06. The van der Waals surface area contributed by atoms with E-state index in [0.29, 0.717) is 12.3 Å². The number of aromatic amines is 1. The van der Waals surface area contributed by atoms with Crippen LogP contribution in [0.15, 0.2) is 18.3 Å². The first-order valence-corrected chi connectivity index (χ1v) is 6.10. The molecule has 0 saturated heterocycles. The zero-order chi connectivity index (χ0) is 12.0. The summed E-state index contributed by atoms with van der Waals surface area (Å²) < 4.78 is 5.04. The summed E-state index contributed by atoms with van der Waals surface area (Å²) in [5, 5.41) is 1.97. The number of fused-ring (bicyclic) bond motifs is 2. The van der Waals surface area contributed by atoms with E-state index in [1.165, 1.54) is 5.56 Å². The van der Waals surface area contributed by atoms with Gasteiger partial charge in [0.25, 0.3) is 0 Å². The molecule has 1 heterocycles. The van der Waals surface area contributed by atoms with Crippen molar-refractivity contribution in [3.05, 3.63) is 35.2 Å². The Hall–Kier alpha value is -1.48. The highest BCUT2D eigenvalue weighted by molar-refractivity contribution is 6.23. The second kappa shape index (κ2) is 3.77. The molecule has 0 amide bonds. The number of ether oxygens (including phenoxy) is 1. The van der Waals surface area contributed by atoms with Crippen LogP contribution in [0.25, 0.3) is 10.8 Å². The zero-order valence-electron chi connectivity index (χ0n) is 9.42. The molecule has 2 aliphatic rings. The normalized spacial score (nSPS) is 17.6.